The number of hydrogen-bond donors (Lipinski definition) is 1. The summed E-state index contributed by atoms with van der Waals surface area (Å²) in [5, 5.41) is 3.29. The first-order chi connectivity index (χ1) is 18.5. The van der Waals surface area contributed by atoms with E-state index in [9.17, 15) is 9.18 Å². The Labute approximate surface area is 228 Å². The lowest BCUT2D eigenvalue weighted by molar-refractivity contribution is -0.124. The van der Waals surface area contributed by atoms with Crippen molar-refractivity contribution < 1.29 is 18.7 Å². The number of carbonyl (C=O) groups excluding carboxylic acids is 1. The fourth-order valence-electron chi connectivity index (χ4n) is 5.93. The molecule has 1 heterocycles. The smallest absolute Gasteiger partial charge is 0.247 e. The Balaban J connectivity index is 1.53. The van der Waals surface area contributed by atoms with E-state index >= 15 is 0 Å². The summed E-state index contributed by atoms with van der Waals surface area (Å²) in [5.41, 5.74) is 1.84. The van der Waals surface area contributed by atoms with Gasteiger partial charge in [0.1, 0.15) is 30.0 Å². The zero-order chi connectivity index (χ0) is 26.5. The first kappa shape index (κ1) is 26.9. The van der Waals surface area contributed by atoms with Crippen molar-refractivity contribution >= 4 is 28.5 Å². The maximum absolute atomic E-state index is 14.5. The predicted molar refractivity (Wildman–Crippen MR) is 147 cm³/mol. The molecule has 1 unspecified atom stereocenters. The molecule has 1 atom stereocenters. The van der Waals surface area contributed by atoms with E-state index in [-0.39, 0.29) is 23.6 Å². The Bertz CT molecular complexity index is 1230. The van der Waals surface area contributed by atoms with Crippen LogP contribution in [0.15, 0.2) is 36.4 Å². The Kier molecular flexibility index (Phi) is 8.85. The van der Waals surface area contributed by atoms with Gasteiger partial charge in [0, 0.05) is 18.7 Å². The number of carbonyl (C=O) groups is 1. The minimum Gasteiger partial charge on any atom is -0.497 e. The molecule has 1 amide bonds. The minimum atomic E-state index is -0.720. The number of methoxy groups -OCH3 is 1. The molecule has 0 saturated heterocycles. The molecule has 2 aliphatic carbocycles. The van der Waals surface area contributed by atoms with Gasteiger partial charge in [0.2, 0.25) is 5.91 Å². The number of fused-ring (bicyclic) bond motifs is 1. The van der Waals surface area contributed by atoms with E-state index in [1.165, 1.54) is 44.6 Å². The fraction of sp³-hybridized carbons (Fsp3) is 0.533. The number of nitrogens with zero attached hydrogens (tertiary/aromatic N) is 2. The second-order valence-corrected chi connectivity index (χ2v) is 11.1. The number of benzene rings is 2. The number of aromatic nitrogens is 2. The van der Waals surface area contributed by atoms with Crippen LogP contribution in [0, 0.1) is 11.7 Å². The van der Waals surface area contributed by atoms with Crippen LogP contribution in [0.25, 0.3) is 11.0 Å². The van der Waals surface area contributed by atoms with E-state index in [0.29, 0.717) is 35.1 Å². The number of imidazole rings is 1. The number of halogens is 2. The Hall–Kier alpha value is -2.64. The highest BCUT2D eigenvalue weighted by Crippen LogP contribution is 2.32. The van der Waals surface area contributed by atoms with Crippen LogP contribution in [-0.4, -0.2) is 35.2 Å². The van der Waals surface area contributed by atoms with E-state index < -0.39 is 11.9 Å². The molecule has 1 aromatic heterocycles. The Morgan fingerprint density at radius 3 is 2.45 bits per heavy atom. The summed E-state index contributed by atoms with van der Waals surface area (Å²) in [4.78, 5) is 18.7. The molecule has 0 radical (unpaired) electrons. The topological polar surface area (TPSA) is 65.4 Å². The summed E-state index contributed by atoms with van der Waals surface area (Å²) < 4.78 is 27.9. The van der Waals surface area contributed by atoms with E-state index in [1.54, 1.807) is 13.2 Å². The van der Waals surface area contributed by atoms with Crippen molar-refractivity contribution in [2.24, 2.45) is 5.92 Å². The largest absolute Gasteiger partial charge is 0.497 e. The lowest BCUT2D eigenvalue weighted by atomic mass is 9.90. The van der Waals surface area contributed by atoms with Crippen LogP contribution in [0.2, 0.25) is 5.02 Å². The molecule has 0 aliphatic heterocycles. The molecule has 3 aromatic rings. The van der Waals surface area contributed by atoms with Gasteiger partial charge in [-0.05, 0) is 55.4 Å². The third-order valence-electron chi connectivity index (χ3n) is 8.00. The summed E-state index contributed by atoms with van der Waals surface area (Å²) in [7, 11) is 1.62. The summed E-state index contributed by atoms with van der Waals surface area (Å²) in [5.74, 6) is 1.18. The van der Waals surface area contributed by atoms with Crippen LogP contribution in [0.5, 0.6) is 5.75 Å². The van der Waals surface area contributed by atoms with Gasteiger partial charge in [0.05, 0.1) is 23.2 Å². The SMILES string of the molecule is COc1ccc(C(C(=O)NC2CCCCC2)n2c(COCC3CCCCC3)nc3cc(F)c(Cl)cc32)cc1. The zero-order valence-electron chi connectivity index (χ0n) is 22.1. The molecular weight excluding hydrogens is 505 g/mol. The zero-order valence-corrected chi connectivity index (χ0v) is 22.8. The Morgan fingerprint density at radius 1 is 1.08 bits per heavy atom. The molecule has 2 saturated carbocycles. The third kappa shape index (κ3) is 6.15. The highest BCUT2D eigenvalue weighted by atomic mass is 35.5. The summed E-state index contributed by atoms with van der Waals surface area (Å²) >= 11 is 6.24. The van der Waals surface area contributed by atoms with Crippen LogP contribution < -0.4 is 10.1 Å². The summed E-state index contributed by atoms with van der Waals surface area (Å²) in [6, 6.07) is 9.81. The van der Waals surface area contributed by atoms with Crippen molar-refractivity contribution in [3.63, 3.8) is 0 Å². The number of nitrogens with one attached hydrogen (secondary N) is 1. The highest BCUT2D eigenvalue weighted by molar-refractivity contribution is 6.31. The molecule has 1 N–H and O–H groups in total. The van der Waals surface area contributed by atoms with Gasteiger partial charge in [-0.1, -0.05) is 62.3 Å². The van der Waals surface area contributed by atoms with Crippen LogP contribution >= 0.6 is 11.6 Å². The van der Waals surface area contributed by atoms with Crippen LogP contribution in [0.1, 0.15) is 81.6 Å². The standard InChI is InChI=1S/C30H37ClFN3O3/c1-37-23-14-12-21(13-15-23)29(30(36)33-22-10-6-3-7-11-22)35-27-16-24(31)25(32)17-26(27)34-28(35)19-38-18-20-8-4-2-5-9-20/h12-17,20,22,29H,2-11,18-19H2,1H3,(H,33,36). The second-order valence-electron chi connectivity index (χ2n) is 10.7. The lowest BCUT2D eigenvalue weighted by Gasteiger charge is -2.28. The fourth-order valence-corrected chi connectivity index (χ4v) is 6.09. The van der Waals surface area contributed by atoms with E-state index in [4.69, 9.17) is 26.1 Å². The molecule has 2 fully saturated rings. The first-order valence-corrected chi connectivity index (χ1v) is 14.3. The molecule has 5 rings (SSSR count). The molecule has 2 aliphatic rings. The monoisotopic (exact) mass is 541 g/mol. The van der Waals surface area contributed by atoms with Crippen molar-refractivity contribution in [1.29, 1.82) is 0 Å². The Morgan fingerprint density at radius 2 is 1.76 bits per heavy atom. The first-order valence-electron chi connectivity index (χ1n) is 13.9. The van der Waals surface area contributed by atoms with Gasteiger partial charge in [-0.15, -0.1) is 0 Å². The molecule has 38 heavy (non-hydrogen) atoms. The number of hydrogen-bond acceptors (Lipinski definition) is 4. The normalized spacial score (nSPS) is 18.0. The predicted octanol–water partition coefficient (Wildman–Crippen LogP) is 6.97. The van der Waals surface area contributed by atoms with Crippen LogP contribution in [0.3, 0.4) is 0 Å². The van der Waals surface area contributed by atoms with Crippen molar-refractivity contribution in [2.75, 3.05) is 13.7 Å². The van der Waals surface area contributed by atoms with Crippen molar-refractivity contribution in [1.82, 2.24) is 14.9 Å². The average Bonchev–Trinajstić information content (AvgIpc) is 3.27. The van der Waals surface area contributed by atoms with Gasteiger partial charge >= 0.3 is 0 Å². The maximum Gasteiger partial charge on any atom is 0.247 e. The quantitative estimate of drug-likeness (QED) is 0.317. The minimum absolute atomic E-state index is 0.00510. The van der Waals surface area contributed by atoms with E-state index in [1.807, 2.05) is 28.8 Å². The molecule has 204 valence electrons. The molecule has 8 heteroatoms. The van der Waals surface area contributed by atoms with Crippen molar-refractivity contribution in [3.05, 3.63) is 58.6 Å². The third-order valence-corrected chi connectivity index (χ3v) is 8.29. The summed E-state index contributed by atoms with van der Waals surface area (Å²) in [6.07, 6.45) is 11.5. The number of rotatable bonds is 9. The van der Waals surface area contributed by atoms with E-state index in [2.05, 4.69) is 5.32 Å². The molecular formula is C30H37ClFN3O3. The van der Waals surface area contributed by atoms with Crippen LogP contribution in [0.4, 0.5) is 4.39 Å². The number of ether oxygens (including phenoxy) is 2. The van der Waals surface area contributed by atoms with Crippen LogP contribution in [-0.2, 0) is 16.1 Å². The molecule has 6 nitrogen and oxygen atoms in total. The van der Waals surface area contributed by atoms with E-state index in [0.717, 1.165) is 31.2 Å². The van der Waals surface area contributed by atoms with Gasteiger partial charge in [0.15, 0.2) is 0 Å². The molecule has 0 spiro atoms. The number of amides is 1. The van der Waals surface area contributed by atoms with Gasteiger partial charge in [-0.3, -0.25) is 4.79 Å². The second kappa shape index (κ2) is 12.5. The van der Waals surface area contributed by atoms with Gasteiger partial charge < -0.3 is 19.4 Å². The van der Waals surface area contributed by atoms with Crippen molar-refractivity contribution in [2.45, 2.75) is 82.9 Å². The molecule has 0 bridgehead atoms. The van der Waals surface area contributed by atoms with Gasteiger partial charge in [0.25, 0.3) is 0 Å². The highest BCUT2D eigenvalue weighted by Gasteiger charge is 2.30. The lowest BCUT2D eigenvalue weighted by Crippen LogP contribution is -2.41. The maximum atomic E-state index is 14.5. The summed E-state index contributed by atoms with van der Waals surface area (Å²) in [6.45, 7) is 0.883. The van der Waals surface area contributed by atoms with Gasteiger partial charge in [-0.25, -0.2) is 9.37 Å². The van der Waals surface area contributed by atoms with Crippen molar-refractivity contribution in [3.8, 4) is 5.75 Å². The van der Waals surface area contributed by atoms with Gasteiger partial charge in [-0.2, -0.15) is 0 Å². The molecule has 2 aromatic carbocycles. The average molecular weight is 542 g/mol.